The molecule has 4 N–H and O–H groups in total. The van der Waals surface area contributed by atoms with Gasteiger partial charge >= 0.3 is 33.6 Å². The first-order chi connectivity index (χ1) is 52.2. The molecule has 0 aliphatic carbocycles. The molecule has 0 spiro atoms. The predicted molar refractivity (Wildman–Crippen MR) is 445 cm³/mol. The van der Waals surface area contributed by atoms with Crippen molar-refractivity contribution in [1.82, 2.24) is 0 Å². The number of esters is 3. The van der Waals surface area contributed by atoms with Crippen LogP contribution in [0.15, 0.2) is 182 Å². The van der Waals surface area contributed by atoms with Crippen LogP contribution < -0.4 is 0 Å². The number of hydrogen-bond donors (Lipinski definition) is 4. The smallest absolute Gasteiger partial charge is 0.463 e. The van der Waals surface area contributed by atoms with Crippen molar-refractivity contribution in [2.75, 3.05) is 39.6 Å². The Labute approximate surface area is 649 Å². The van der Waals surface area contributed by atoms with Crippen molar-refractivity contribution in [3.63, 3.8) is 0 Å². The fourth-order valence-corrected chi connectivity index (χ4v) is 12.0. The Balaban J connectivity index is 4.62. The molecule has 0 amide bonds. The van der Waals surface area contributed by atoms with E-state index in [1.54, 1.807) is 0 Å². The lowest BCUT2D eigenvalue weighted by Gasteiger charge is -2.21. The minimum Gasteiger partial charge on any atom is -0.463 e. The zero-order chi connectivity index (χ0) is 78.0. The van der Waals surface area contributed by atoms with Crippen molar-refractivity contribution in [1.29, 1.82) is 0 Å². The van der Waals surface area contributed by atoms with Crippen LogP contribution in [0.4, 0.5) is 0 Å². The second kappa shape index (κ2) is 80.2. The van der Waals surface area contributed by atoms with Gasteiger partial charge in [-0.2, -0.15) is 0 Å². The van der Waals surface area contributed by atoms with E-state index in [-0.39, 0.29) is 19.3 Å². The van der Waals surface area contributed by atoms with Crippen molar-refractivity contribution in [2.24, 2.45) is 0 Å². The molecule has 0 rings (SSSR count). The molecule has 0 aliphatic rings. The van der Waals surface area contributed by atoms with Crippen molar-refractivity contribution < 1.29 is 75.8 Å². The van der Waals surface area contributed by atoms with Crippen molar-refractivity contribution in [2.45, 2.75) is 322 Å². The topological polar surface area (TPSA) is 231 Å². The Morgan fingerprint density at radius 3 is 0.794 bits per heavy atom. The van der Waals surface area contributed by atoms with E-state index in [0.29, 0.717) is 19.3 Å². The van der Waals surface area contributed by atoms with E-state index in [1.165, 1.54) is 70.6 Å². The summed E-state index contributed by atoms with van der Waals surface area (Å²) in [6.45, 7) is 2.35. The normalized spacial score (nSPS) is 14.9. The third-order valence-electron chi connectivity index (χ3n) is 16.6. The van der Waals surface area contributed by atoms with E-state index >= 15 is 0 Å². The summed E-state index contributed by atoms with van der Waals surface area (Å²) in [7, 11) is -9.83. The van der Waals surface area contributed by atoms with Crippen LogP contribution in [0.25, 0.3) is 0 Å². The van der Waals surface area contributed by atoms with Crippen LogP contribution in [-0.4, -0.2) is 95.9 Å². The first-order valence-corrected chi connectivity index (χ1v) is 44.1. The summed E-state index contributed by atoms with van der Waals surface area (Å²) in [5, 5.41) is 20.7. The fraction of sp³-hybridized carbons (Fsp3) is 0.629. The number of ether oxygens (including phenoxy) is 3. The van der Waals surface area contributed by atoms with E-state index in [0.717, 1.165) is 173 Å². The maximum atomic E-state index is 13.0. The average molecular weight is 1530 g/mol. The molecule has 5 unspecified atom stereocenters. The van der Waals surface area contributed by atoms with E-state index in [4.69, 9.17) is 32.3 Å². The van der Waals surface area contributed by atoms with Crippen molar-refractivity contribution >= 4 is 33.6 Å². The quantitative estimate of drug-likeness (QED) is 0.0146. The number of phosphoric acid groups is 2. The van der Waals surface area contributed by atoms with Gasteiger partial charge in [-0.1, -0.05) is 306 Å². The summed E-state index contributed by atoms with van der Waals surface area (Å²) in [6.07, 6.45) is 104. The molecule has 0 aliphatic heterocycles. The number of allylic oxidation sites excluding steroid dienone is 30. The number of carbonyl (C=O) groups excluding carboxylic acids is 3. The fourth-order valence-electron chi connectivity index (χ4n) is 10.4. The summed E-state index contributed by atoms with van der Waals surface area (Å²) in [4.78, 5) is 58.7. The summed E-state index contributed by atoms with van der Waals surface area (Å²) in [5.41, 5.74) is 0. The predicted octanol–water partition coefficient (Wildman–Crippen LogP) is 24.5. The summed E-state index contributed by atoms with van der Waals surface area (Å²) >= 11 is 0. The van der Waals surface area contributed by atoms with E-state index in [2.05, 4.69) is 203 Å². The minimum absolute atomic E-state index is 0.0546. The van der Waals surface area contributed by atoms with E-state index in [9.17, 15) is 43.5 Å². The van der Waals surface area contributed by atoms with Crippen LogP contribution in [0.1, 0.15) is 303 Å². The first kappa shape index (κ1) is 102. The largest absolute Gasteiger partial charge is 0.472 e. The minimum atomic E-state index is -4.95. The Kier molecular flexibility index (Phi) is 76.2. The van der Waals surface area contributed by atoms with Crippen LogP contribution in [-0.2, 0) is 55.8 Å². The molecule has 18 heteroatoms. The van der Waals surface area contributed by atoms with Gasteiger partial charge in [-0.25, -0.2) is 9.13 Å². The molecule has 16 nitrogen and oxygen atoms in total. The molecule has 0 saturated carbocycles. The molecule has 0 bridgehead atoms. The Hall–Kier alpha value is -5.35. The summed E-state index contributed by atoms with van der Waals surface area (Å²) in [5.74, 6) is -1.64. The van der Waals surface area contributed by atoms with Crippen LogP contribution >= 0.6 is 15.6 Å². The summed E-state index contributed by atoms with van der Waals surface area (Å²) < 4.78 is 61.2. The molecule has 5 atom stereocenters. The Bertz CT molecular complexity index is 2670. The molecule has 0 aromatic carbocycles. The van der Waals surface area contributed by atoms with Gasteiger partial charge in [-0.15, -0.1) is 0 Å². The second-order valence-corrected chi connectivity index (χ2v) is 29.7. The summed E-state index contributed by atoms with van der Waals surface area (Å²) in [6, 6.07) is 0. The maximum absolute atomic E-state index is 13.0. The zero-order valence-corrected chi connectivity index (χ0v) is 68.3. The van der Waals surface area contributed by atoms with Gasteiger partial charge in [0.2, 0.25) is 0 Å². The van der Waals surface area contributed by atoms with Gasteiger partial charge in [0.25, 0.3) is 0 Å². The van der Waals surface area contributed by atoms with Crippen LogP contribution in [0.5, 0.6) is 0 Å². The number of aliphatic hydroxyl groups excluding tert-OH is 2. The number of aliphatic hydroxyl groups is 2. The van der Waals surface area contributed by atoms with Crippen LogP contribution in [0.2, 0.25) is 0 Å². The molecule has 608 valence electrons. The molecule has 0 saturated heterocycles. The Morgan fingerprint density at radius 2 is 0.495 bits per heavy atom. The van der Waals surface area contributed by atoms with Gasteiger partial charge < -0.3 is 34.2 Å². The molecule has 0 radical (unpaired) electrons. The highest BCUT2D eigenvalue weighted by molar-refractivity contribution is 7.47. The van der Waals surface area contributed by atoms with Crippen LogP contribution in [0.3, 0.4) is 0 Å². The zero-order valence-electron chi connectivity index (χ0n) is 66.5. The van der Waals surface area contributed by atoms with Crippen molar-refractivity contribution in [3.05, 3.63) is 182 Å². The monoisotopic (exact) mass is 1530 g/mol. The molecule has 0 heterocycles. The van der Waals surface area contributed by atoms with Gasteiger partial charge in [0, 0.05) is 19.3 Å². The van der Waals surface area contributed by atoms with E-state index in [1.807, 2.05) is 0 Å². The molecule has 0 aromatic heterocycles. The third-order valence-corrected chi connectivity index (χ3v) is 18.5. The van der Waals surface area contributed by atoms with Gasteiger partial charge in [0.15, 0.2) is 6.10 Å². The van der Waals surface area contributed by atoms with Gasteiger partial charge in [0.05, 0.1) is 26.4 Å². The van der Waals surface area contributed by atoms with E-state index < -0.39 is 91.5 Å². The number of rotatable bonds is 76. The number of hydrogen-bond acceptors (Lipinski definition) is 14. The van der Waals surface area contributed by atoms with Crippen LogP contribution in [0, 0.1) is 0 Å². The number of carbonyl (C=O) groups is 3. The lowest BCUT2D eigenvalue weighted by molar-refractivity contribution is -0.161. The first-order valence-electron chi connectivity index (χ1n) is 41.1. The maximum Gasteiger partial charge on any atom is 0.472 e. The van der Waals surface area contributed by atoms with Gasteiger partial charge in [0.1, 0.15) is 25.4 Å². The second-order valence-electron chi connectivity index (χ2n) is 26.8. The lowest BCUT2D eigenvalue weighted by Crippen LogP contribution is -2.30. The molecular weight excluding hydrogens is 1390 g/mol. The number of phosphoric ester groups is 2. The molecule has 107 heavy (non-hydrogen) atoms. The Morgan fingerprint density at radius 1 is 0.271 bits per heavy atom. The molecule has 0 fully saturated rings. The number of unbranched alkanes of at least 4 members (excludes halogenated alkanes) is 23. The van der Waals surface area contributed by atoms with Crippen molar-refractivity contribution in [3.8, 4) is 0 Å². The highest BCUT2D eigenvalue weighted by Gasteiger charge is 2.29. The third kappa shape index (κ3) is 81.5. The average Bonchev–Trinajstić information content (AvgIpc) is 0.906. The highest BCUT2D eigenvalue weighted by Crippen LogP contribution is 2.45. The lowest BCUT2D eigenvalue weighted by atomic mass is 10.0. The SMILES string of the molecule is CC/C=C\C/C=C\C/C=C\C/C=C\C/C=C\C/C=C\CCCCCCCCCCCCCCC(=O)OCC(O)COP(=O)(O)OCC(O)COP(=O)(O)OCC(COC(=O)CCCCCCC/C=C\C/C=C\C/C=C\C/C=C\CCCCC)OC(=O)CCCCC/C=C\C/C=C\C/C=C\C/C=C\C/C=C\CC. The van der Waals surface area contributed by atoms with Gasteiger partial charge in [-0.05, 0) is 161 Å². The highest BCUT2D eigenvalue weighted by atomic mass is 31.2. The standard InChI is InChI=1S/C89H146O16P2/c1-4-7-10-13-16-19-22-25-28-31-34-36-37-38-39-40-41-42-43-44-45-47-50-51-54-57-60-63-66-69-72-75-87(92)99-78-84(90)79-101-106(95,96)102-80-85(91)81-103-107(97,98)104-83-86(105-89(94)77-74-71-68-65-62-59-56-53-48-33-30-27-24-21-18-15-12-9-6-3)82-100-88(93)76-73-70-67-64-61-58-55-52-49-46-35-32-29-26-23-20-17-14-11-8-5-2/h7,9-10,12,16-21,25-30,34-36,38-39,41-42,46,48,52-53,55,59,62,84-86,90-91H,4-6,8,11,13-15,22-24,31-33,37,40,43-45,47,49-51,54,56-58,60-61,63-83H2,1-3H3,(H,95,96)(H,97,98)/b10-7-,12-9-,19-16-,20-17-,21-18-,28-25-,29-26-,30-27-,36-34-,39-38-,42-41-,46-35-,53-48-,55-52-,62-59-. The van der Waals surface area contributed by atoms with Gasteiger partial charge in [-0.3, -0.25) is 32.5 Å². The molecular formula is C89H146O16P2. The molecule has 0 aromatic rings.